The summed E-state index contributed by atoms with van der Waals surface area (Å²) in [5.41, 5.74) is 3.13. The van der Waals surface area contributed by atoms with Crippen molar-refractivity contribution >= 4 is 33.3 Å². The van der Waals surface area contributed by atoms with Gasteiger partial charge in [-0.3, -0.25) is 9.78 Å². The van der Waals surface area contributed by atoms with Gasteiger partial charge in [0.2, 0.25) is 5.91 Å². The zero-order valence-electron chi connectivity index (χ0n) is 14.3. The molecule has 0 radical (unpaired) electrons. The zero-order valence-corrected chi connectivity index (χ0v) is 15.2. The van der Waals surface area contributed by atoms with E-state index in [1.807, 2.05) is 72.4 Å². The molecular formula is C20H19N4OS+. The minimum absolute atomic E-state index is 0.00201. The van der Waals surface area contributed by atoms with Crippen molar-refractivity contribution in [3.63, 3.8) is 0 Å². The van der Waals surface area contributed by atoms with Crippen molar-refractivity contribution in [3.8, 4) is 5.13 Å². The number of nitrogens with one attached hydrogen (secondary N) is 2. The van der Waals surface area contributed by atoms with E-state index >= 15 is 0 Å². The highest BCUT2D eigenvalue weighted by atomic mass is 32.1. The van der Waals surface area contributed by atoms with E-state index in [-0.39, 0.29) is 11.8 Å². The summed E-state index contributed by atoms with van der Waals surface area (Å²) in [6.45, 7) is 2.02. The van der Waals surface area contributed by atoms with Gasteiger partial charge in [-0.1, -0.05) is 54.4 Å². The zero-order chi connectivity index (χ0) is 17.9. The molecule has 0 aliphatic heterocycles. The number of amides is 1. The molecule has 0 spiro atoms. The third-order valence-corrected chi connectivity index (χ3v) is 5.30. The molecule has 0 fully saturated rings. The van der Waals surface area contributed by atoms with Gasteiger partial charge in [0.15, 0.2) is 6.33 Å². The van der Waals surface area contributed by atoms with Crippen LogP contribution in [0.15, 0.2) is 67.1 Å². The molecule has 0 saturated heterocycles. The molecule has 4 aromatic rings. The van der Waals surface area contributed by atoms with Crippen molar-refractivity contribution in [3.05, 3.63) is 72.7 Å². The quantitative estimate of drug-likeness (QED) is 0.526. The first-order valence-electron chi connectivity index (χ1n) is 8.56. The van der Waals surface area contributed by atoms with E-state index in [1.54, 1.807) is 6.20 Å². The normalized spacial score (nSPS) is 12.2. The minimum atomic E-state index is -0.164. The Balaban J connectivity index is 1.56. The number of imidazole rings is 1. The maximum atomic E-state index is 12.7. The highest BCUT2D eigenvalue weighted by molar-refractivity contribution is 7.17. The van der Waals surface area contributed by atoms with Crippen molar-refractivity contribution in [2.45, 2.75) is 19.3 Å². The van der Waals surface area contributed by atoms with E-state index in [9.17, 15) is 4.79 Å². The number of nitrogens with zero attached hydrogens (tertiary/aromatic N) is 2. The SMILES string of the molecule is CCC(C(=O)Nc1cnc(-[n+]2c[nH]c3ccccc32)s1)c1ccccc1. The van der Waals surface area contributed by atoms with Crippen LogP contribution in [0.3, 0.4) is 0 Å². The van der Waals surface area contributed by atoms with E-state index < -0.39 is 0 Å². The number of thiazole rings is 1. The lowest BCUT2D eigenvalue weighted by Crippen LogP contribution is -2.27. The number of H-pyrrole nitrogens is 1. The molecule has 0 aliphatic carbocycles. The van der Waals surface area contributed by atoms with Crippen LogP contribution in [0, 0.1) is 0 Å². The summed E-state index contributed by atoms with van der Waals surface area (Å²) in [6, 6.07) is 17.9. The molecule has 1 unspecified atom stereocenters. The van der Waals surface area contributed by atoms with E-state index in [2.05, 4.69) is 15.3 Å². The molecule has 2 N–H and O–H groups in total. The number of hydrogen-bond donors (Lipinski definition) is 2. The van der Waals surface area contributed by atoms with Crippen LogP contribution in [-0.4, -0.2) is 15.9 Å². The molecule has 0 saturated carbocycles. The van der Waals surface area contributed by atoms with Gasteiger partial charge in [-0.05, 0) is 35.5 Å². The number of para-hydroxylation sites is 2. The summed E-state index contributed by atoms with van der Waals surface area (Å²) in [7, 11) is 0. The molecule has 2 aromatic heterocycles. The maximum Gasteiger partial charge on any atom is 0.327 e. The Kier molecular flexibility index (Phi) is 4.50. The molecule has 0 bridgehead atoms. The first kappa shape index (κ1) is 16.5. The Morgan fingerprint density at radius 2 is 1.96 bits per heavy atom. The van der Waals surface area contributed by atoms with Crippen molar-refractivity contribution < 1.29 is 9.36 Å². The van der Waals surface area contributed by atoms with Crippen LogP contribution in [0.4, 0.5) is 5.00 Å². The van der Waals surface area contributed by atoms with Crippen molar-refractivity contribution in [1.82, 2.24) is 9.97 Å². The molecule has 4 rings (SSSR count). The van der Waals surface area contributed by atoms with Gasteiger partial charge in [-0.25, -0.2) is 0 Å². The van der Waals surface area contributed by atoms with E-state index in [0.717, 1.165) is 33.2 Å². The number of benzene rings is 2. The van der Waals surface area contributed by atoms with Gasteiger partial charge in [0.25, 0.3) is 0 Å². The van der Waals surface area contributed by atoms with Gasteiger partial charge >= 0.3 is 5.13 Å². The fourth-order valence-electron chi connectivity index (χ4n) is 3.07. The Hall–Kier alpha value is -2.99. The predicted molar refractivity (Wildman–Crippen MR) is 104 cm³/mol. The molecule has 130 valence electrons. The van der Waals surface area contributed by atoms with E-state index in [4.69, 9.17) is 0 Å². The number of aromatic amines is 1. The first-order chi connectivity index (χ1) is 12.8. The number of hydrogen-bond acceptors (Lipinski definition) is 3. The van der Waals surface area contributed by atoms with Gasteiger partial charge in [0.1, 0.15) is 22.2 Å². The summed E-state index contributed by atoms with van der Waals surface area (Å²) < 4.78 is 1.99. The summed E-state index contributed by atoms with van der Waals surface area (Å²) in [6.07, 6.45) is 4.34. The maximum absolute atomic E-state index is 12.7. The average molecular weight is 363 g/mol. The Morgan fingerprint density at radius 3 is 2.77 bits per heavy atom. The second kappa shape index (κ2) is 7.09. The third kappa shape index (κ3) is 3.11. The highest BCUT2D eigenvalue weighted by Crippen LogP contribution is 2.25. The summed E-state index contributed by atoms with van der Waals surface area (Å²) in [5.74, 6) is -0.166. The lowest BCUT2D eigenvalue weighted by molar-refractivity contribution is -0.566. The summed E-state index contributed by atoms with van der Waals surface area (Å²) >= 11 is 1.46. The molecular weight excluding hydrogens is 344 g/mol. The number of aromatic nitrogens is 3. The van der Waals surface area contributed by atoms with Crippen LogP contribution in [0.2, 0.25) is 0 Å². The topological polar surface area (TPSA) is 61.7 Å². The van der Waals surface area contributed by atoms with E-state index in [0.29, 0.717) is 0 Å². The Labute approximate surface area is 155 Å². The van der Waals surface area contributed by atoms with Gasteiger partial charge in [-0.15, -0.1) is 0 Å². The average Bonchev–Trinajstić information content (AvgIpc) is 3.30. The molecule has 1 amide bonds. The number of fused-ring (bicyclic) bond motifs is 1. The smallest absolute Gasteiger partial charge is 0.314 e. The minimum Gasteiger partial charge on any atom is -0.314 e. The molecule has 0 aliphatic rings. The summed E-state index contributed by atoms with van der Waals surface area (Å²) in [4.78, 5) is 20.4. The van der Waals surface area contributed by atoms with Crippen molar-refractivity contribution in [2.75, 3.05) is 5.32 Å². The Morgan fingerprint density at radius 1 is 1.19 bits per heavy atom. The van der Waals surface area contributed by atoms with Gasteiger partial charge in [0, 0.05) is 0 Å². The summed E-state index contributed by atoms with van der Waals surface area (Å²) in [5, 5.41) is 4.57. The molecule has 2 heterocycles. The van der Waals surface area contributed by atoms with Crippen molar-refractivity contribution in [1.29, 1.82) is 0 Å². The highest BCUT2D eigenvalue weighted by Gasteiger charge is 2.21. The molecule has 6 heteroatoms. The van der Waals surface area contributed by atoms with E-state index in [1.165, 1.54) is 11.3 Å². The molecule has 5 nitrogen and oxygen atoms in total. The van der Waals surface area contributed by atoms with Crippen molar-refractivity contribution in [2.24, 2.45) is 0 Å². The van der Waals surface area contributed by atoms with Gasteiger partial charge in [-0.2, -0.15) is 4.57 Å². The van der Waals surface area contributed by atoms with Gasteiger partial charge in [0.05, 0.1) is 5.92 Å². The number of rotatable bonds is 5. The number of carbonyl (C=O) groups is 1. The third-order valence-electron chi connectivity index (χ3n) is 4.39. The van der Waals surface area contributed by atoms with Crippen LogP contribution in [0.1, 0.15) is 24.8 Å². The van der Waals surface area contributed by atoms with Crippen LogP contribution in [-0.2, 0) is 4.79 Å². The number of anilines is 1. The second-order valence-electron chi connectivity index (χ2n) is 6.03. The van der Waals surface area contributed by atoms with Crippen LogP contribution < -0.4 is 9.88 Å². The lowest BCUT2D eigenvalue weighted by Gasteiger charge is -2.14. The second-order valence-corrected chi connectivity index (χ2v) is 7.04. The predicted octanol–water partition coefficient (Wildman–Crippen LogP) is 4.03. The number of carbonyl (C=O) groups excluding carboxylic acids is 1. The molecule has 2 aromatic carbocycles. The first-order valence-corrected chi connectivity index (χ1v) is 9.37. The Bertz CT molecular complexity index is 1040. The fourth-order valence-corrected chi connectivity index (χ4v) is 3.88. The molecule has 1 atom stereocenters. The standard InChI is InChI=1S/C20H18N4OS/c1-2-15(14-8-4-3-5-9-14)19(25)23-18-12-21-20(26-18)24-13-22-16-10-6-7-11-17(16)24/h3-13,15H,2H2,1H3,(H,23,25)/p+1. The lowest BCUT2D eigenvalue weighted by atomic mass is 9.96. The fraction of sp³-hybridized carbons (Fsp3) is 0.150. The monoisotopic (exact) mass is 363 g/mol. The van der Waals surface area contributed by atoms with Gasteiger partial charge < -0.3 is 5.32 Å². The van der Waals surface area contributed by atoms with Crippen LogP contribution >= 0.6 is 11.3 Å². The molecule has 26 heavy (non-hydrogen) atoms. The van der Waals surface area contributed by atoms with Crippen LogP contribution in [0.25, 0.3) is 16.2 Å². The van der Waals surface area contributed by atoms with Crippen LogP contribution in [0.5, 0.6) is 0 Å². The largest absolute Gasteiger partial charge is 0.327 e.